The van der Waals surface area contributed by atoms with E-state index in [4.69, 9.17) is 28.9 Å². The van der Waals surface area contributed by atoms with Crippen LogP contribution in [0.15, 0.2) is 91.0 Å². The monoisotopic (exact) mass is 561 g/mol. The first kappa shape index (κ1) is 26.3. The Bertz CT molecular complexity index is 1590. The van der Waals surface area contributed by atoms with Crippen molar-refractivity contribution in [3.63, 3.8) is 0 Å². The molecule has 0 saturated carbocycles. The van der Waals surface area contributed by atoms with Gasteiger partial charge in [0.05, 0.1) is 0 Å². The first-order valence-corrected chi connectivity index (χ1v) is 14.9. The molecule has 5 rings (SSSR count). The smallest absolute Gasteiger partial charge is 0.258 e. The Balaban J connectivity index is 1.69. The molecule has 0 fully saturated rings. The van der Waals surface area contributed by atoms with E-state index in [0.717, 1.165) is 15.9 Å². The number of nitrogens with two attached hydrogens (primary N) is 1. The predicted octanol–water partition coefficient (Wildman–Crippen LogP) is 6.40. The number of hydrogen-bond acceptors (Lipinski definition) is 4. The highest BCUT2D eigenvalue weighted by Gasteiger charge is 2.50. The molecule has 0 unspecified atom stereocenters. The number of fused-ring (bicyclic) bond motifs is 1. The maximum atomic E-state index is 15.6. The molecule has 0 aliphatic rings. The molecule has 0 spiro atoms. The normalized spacial score (nSPS) is 12.2. The van der Waals surface area contributed by atoms with E-state index in [1.165, 1.54) is 6.07 Å². The molecule has 192 valence electrons. The Hall–Kier alpha value is -3.29. The molecule has 38 heavy (non-hydrogen) atoms. The number of halogens is 3. The summed E-state index contributed by atoms with van der Waals surface area (Å²) in [6.07, 6.45) is 0.394. The third-order valence-electron chi connectivity index (χ3n) is 7.22. The van der Waals surface area contributed by atoms with E-state index in [0.29, 0.717) is 33.3 Å². The number of benzene rings is 4. The molecule has 0 aliphatic carbocycles. The molecule has 3 N–H and O–H groups in total. The van der Waals surface area contributed by atoms with Crippen LogP contribution >= 0.6 is 23.2 Å². The van der Waals surface area contributed by atoms with Crippen molar-refractivity contribution in [1.82, 2.24) is 10.2 Å². The third kappa shape index (κ3) is 4.48. The van der Waals surface area contributed by atoms with Crippen molar-refractivity contribution in [3.8, 4) is 11.1 Å². The highest BCUT2D eigenvalue weighted by molar-refractivity contribution is 6.98. The zero-order valence-electron chi connectivity index (χ0n) is 20.9. The van der Waals surface area contributed by atoms with Crippen LogP contribution in [0.2, 0.25) is 15.2 Å². The fourth-order valence-corrected chi connectivity index (χ4v) is 9.43. The lowest BCUT2D eigenvalue weighted by molar-refractivity contribution is 0.483. The molecule has 0 saturated heterocycles. The van der Waals surface area contributed by atoms with Crippen LogP contribution in [0.25, 0.3) is 21.9 Å². The molecule has 1 heterocycles. The summed E-state index contributed by atoms with van der Waals surface area (Å²) < 4.78 is 15.6. The van der Waals surface area contributed by atoms with Crippen LogP contribution in [-0.4, -0.2) is 23.3 Å². The molecule has 0 amide bonds. The highest BCUT2D eigenvalue weighted by atomic mass is 35.5. The Labute approximate surface area is 232 Å². The maximum Gasteiger partial charge on any atom is 0.258 e. The highest BCUT2D eigenvalue weighted by Crippen LogP contribution is 2.44. The van der Waals surface area contributed by atoms with Gasteiger partial charge in [-0.2, -0.15) is 0 Å². The van der Waals surface area contributed by atoms with E-state index in [1.54, 1.807) is 18.2 Å². The maximum absolute atomic E-state index is 15.6. The van der Waals surface area contributed by atoms with E-state index in [1.807, 2.05) is 80.6 Å². The number of nitrogen functional groups attached to an aromatic ring is 1. The summed E-state index contributed by atoms with van der Waals surface area (Å²) in [5.74, 6) is -0.232. The van der Waals surface area contributed by atoms with Crippen LogP contribution in [0.4, 0.5) is 10.2 Å². The standard InChI is InChI=1S/C30H26Cl2FN3OSi/c1-30(2,38(37,20-11-5-3-6-12-20)21-13-7-4-8-14-21)18-19-10-9-15-26(33)27(19)24-16-22-23(17-25(24)31)29(34)36-35-28(22)32/h3-17,37H,18H2,1-2H3,(H2,34,36). The lowest BCUT2D eigenvalue weighted by Crippen LogP contribution is -2.65. The fraction of sp³-hybridized carbons (Fsp3) is 0.133. The van der Waals surface area contributed by atoms with Crippen molar-refractivity contribution in [2.75, 3.05) is 5.73 Å². The summed E-state index contributed by atoms with van der Waals surface area (Å²) in [4.78, 5) is 12.6. The molecule has 5 aromatic rings. The molecule has 1 aromatic heterocycles. The van der Waals surface area contributed by atoms with Gasteiger partial charge in [0.1, 0.15) is 5.82 Å². The van der Waals surface area contributed by atoms with Gasteiger partial charge in [0.15, 0.2) is 11.0 Å². The second-order valence-corrected chi connectivity index (χ2v) is 14.7. The number of anilines is 1. The average Bonchev–Trinajstić information content (AvgIpc) is 2.91. The van der Waals surface area contributed by atoms with Gasteiger partial charge < -0.3 is 10.5 Å². The van der Waals surface area contributed by atoms with Gasteiger partial charge in [-0.1, -0.05) is 110 Å². The Morgan fingerprint density at radius 2 is 1.45 bits per heavy atom. The average molecular weight is 563 g/mol. The van der Waals surface area contributed by atoms with Gasteiger partial charge in [-0.05, 0) is 45.6 Å². The second-order valence-electron chi connectivity index (χ2n) is 10.0. The van der Waals surface area contributed by atoms with E-state index >= 15 is 4.39 Å². The summed E-state index contributed by atoms with van der Waals surface area (Å²) in [6, 6.07) is 27.8. The molecule has 4 aromatic carbocycles. The molecule has 0 radical (unpaired) electrons. The molecule has 0 bridgehead atoms. The fourth-order valence-electron chi connectivity index (χ4n) is 5.28. The zero-order chi connectivity index (χ0) is 27.1. The minimum absolute atomic E-state index is 0.153. The van der Waals surface area contributed by atoms with Crippen LogP contribution in [0, 0.1) is 5.82 Å². The Morgan fingerprint density at radius 1 is 0.842 bits per heavy atom. The largest absolute Gasteiger partial charge is 0.424 e. The van der Waals surface area contributed by atoms with Gasteiger partial charge in [-0.3, -0.25) is 0 Å². The summed E-state index contributed by atoms with van der Waals surface area (Å²) >= 11 is 13.0. The molecule has 0 aliphatic heterocycles. The van der Waals surface area contributed by atoms with Crippen LogP contribution in [-0.2, 0) is 6.42 Å². The molecule has 0 atom stereocenters. The van der Waals surface area contributed by atoms with Gasteiger partial charge in [0, 0.05) is 26.9 Å². The lowest BCUT2D eigenvalue weighted by atomic mass is 9.91. The van der Waals surface area contributed by atoms with Crippen LogP contribution in [0.1, 0.15) is 19.4 Å². The number of aromatic nitrogens is 2. The quantitative estimate of drug-likeness (QED) is 0.235. The minimum Gasteiger partial charge on any atom is -0.424 e. The first-order chi connectivity index (χ1) is 18.1. The van der Waals surface area contributed by atoms with Crippen molar-refractivity contribution in [2.24, 2.45) is 0 Å². The van der Waals surface area contributed by atoms with Crippen molar-refractivity contribution in [2.45, 2.75) is 25.3 Å². The van der Waals surface area contributed by atoms with Crippen LogP contribution < -0.4 is 16.1 Å². The number of nitrogens with zero attached hydrogens (tertiary/aromatic N) is 2. The van der Waals surface area contributed by atoms with Crippen molar-refractivity contribution < 1.29 is 9.19 Å². The summed E-state index contributed by atoms with van der Waals surface area (Å²) in [7, 11) is -3.34. The molecular formula is C30H26Cl2FN3OSi. The van der Waals surface area contributed by atoms with Crippen LogP contribution in [0.3, 0.4) is 0 Å². The summed E-state index contributed by atoms with van der Waals surface area (Å²) in [5.41, 5.74) is 7.55. The molecule has 8 heteroatoms. The second kappa shape index (κ2) is 10.1. The van der Waals surface area contributed by atoms with Gasteiger partial charge in [0.2, 0.25) is 0 Å². The van der Waals surface area contributed by atoms with E-state index in [-0.39, 0.29) is 11.0 Å². The van der Waals surface area contributed by atoms with E-state index in [2.05, 4.69) is 10.2 Å². The van der Waals surface area contributed by atoms with Gasteiger partial charge >= 0.3 is 0 Å². The van der Waals surface area contributed by atoms with E-state index < -0.39 is 19.2 Å². The summed E-state index contributed by atoms with van der Waals surface area (Å²) in [5, 5.41) is 10.4. The topological polar surface area (TPSA) is 72.0 Å². The molecule has 4 nitrogen and oxygen atoms in total. The first-order valence-electron chi connectivity index (χ1n) is 12.2. The van der Waals surface area contributed by atoms with Crippen molar-refractivity contribution >= 4 is 58.5 Å². The summed E-state index contributed by atoms with van der Waals surface area (Å²) in [6.45, 7) is 4.09. The van der Waals surface area contributed by atoms with Gasteiger partial charge in [0.25, 0.3) is 8.32 Å². The molecular weight excluding hydrogens is 536 g/mol. The number of rotatable bonds is 6. The Morgan fingerprint density at radius 3 is 2.05 bits per heavy atom. The number of hydrogen-bond donors (Lipinski definition) is 2. The minimum atomic E-state index is -3.34. The Kier molecular flexibility index (Phi) is 7.01. The lowest BCUT2D eigenvalue weighted by Gasteiger charge is -2.41. The van der Waals surface area contributed by atoms with Gasteiger partial charge in [-0.25, -0.2) is 4.39 Å². The van der Waals surface area contributed by atoms with Crippen molar-refractivity contribution in [3.05, 3.63) is 113 Å². The third-order valence-corrected chi connectivity index (χ3v) is 12.3. The van der Waals surface area contributed by atoms with Gasteiger partial charge in [-0.15, -0.1) is 10.2 Å². The SMILES string of the molecule is CC(C)(Cc1cccc(F)c1-c1cc2c(Cl)nnc(N)c2cc1Cl)[Si](O)(c1ccccc1)c1ccccc1. The van der Waals surface area contributed by atoms with Crippen LogP contribution in [0.5, 0.6) is 0 Å². The predicted molar refractivity (Wildman–Crippen MR) is 157 cm³/mol. The van der Waals surface area contributed by atoms with Crippen molar-refractivity contribution in [1.29, 1.82) is 0 Å². The van der Waals surface area contributed by atoms with E-state index in [9.17, 15) is 4.80 Å². The zero-order valence-corrected chi connectivity index (χ0v) is 23.4.